The summed E-state index contributed by atoms with van der Waals surface area (Å²) in [7, 11) is 0. The number of aromatic nitrogens is 2. The van der Waals surface area contributed by atoms with Crippen LogP contribution in [0, 0.1) is 0 Å². The van der Waals surface area contributed by atoms with Crippen LogP contribution >= 0.6 is 11.6 Å². The summed E-state index contributed by atoms with van der Waals surface area (Å²) < 4.78 is 5.46. The van der Waals surface area contributed by atoms with Crippen LogP contribution in [0.15, 0.2) is 36.7 Å². The molecule has 5 heteroatoms. The number of halogens is 1. The molecule has 0 aliphatic carbocycles. The first-order valence-corrected chi connectivity index (χ1v) is 5.01. The van der Waals surface area contributed by atoms with Gasteiger partial charge in [0.15, 0.2) is 5.15 Å². The summed E-state index contributed by atoms with van der Waals surface area (Å²) in [5, 5.41) is 9.37. The summed E-state index contributed by atoms with van der Waals surface area (Å²) in [5.41, 5.74) is 0.685. The van der Waals surface area contributed by atoms with E-state index >= 15 is 0 Å². The van der Waals surface area contributed by atoms with Gasteiger partial charge in [0.25, 0.3) is 0 Å². The van der Waals surface area contributed by atoms with Crippen molar-refractivity contribution in [1.29, 1.82) is 0 Å². The molecular weight excluding hydrogens is 228 g/mol. The normalized spacial score (nSPS) is 10.1. The third kappa shape index (κ3) is 2.48. The third-order valence-corrected chi connectivity index (χ3v) is 2.12. The van der Waals surface area contributed by atoms with Crippen molar-refractivity contribution in [3.8, 4) is 11.6 Å². The second-order valence-corrected chi connectivity index (χ2v) is 3.44. The van der Waals surface area contributed by atoms with E-state index in [2.05, 4.69) is 9.97 Å². The SMILES string of the molecule is OCc1ccccc1Oc1cncc(Cl)n1. The zero-order valence-corrected chi connectivity index (χ0v) is 9.05. The number of aliphatic hydroxyl groups excluding tert-OH is 1. The van der Waals surface area contributed by atoms with Crippen molar-refractivity contribution in [3.63, 3.8) is 0 Å². The van der Waals surface area contributed by atoms with Gasteiger partial charge in [0.05, 0.1) is 19.0 Å². The van der Waals surface area contributed by atoms with Gasteiger partial charge in [-0.25, -0.2) is 0 Å². The van der Waals surface area contributed by atoms with Crippen molar-refractivity contribution in [2.24, 2.45) is 0 Å². The Balaban J connectivity index is 2.26. The molecule has 1 heterocycles. The molecule has 82 valence electrons. The highest BCUT2D eigenvalue weighted by Gasteiger charge is 2.04. The fraction of sp³-hybridized carbons (Fsp3) is 0.0909. The van der Waals surface area contributed by atoms with Gasteiger partial charge in [-0.3, -0.25) is 4.98 Å². The maximum absolute atomic E-state index is 9.11. The lowest BCUT2D eigenvalue weighted by molar-refractivity contribution is 0.276. The fourth-order valence-electron chi connectivity index (χ4n) is 1.22. The number of hydrogen-bond acceptors (Lipinski definition) is 4. The molecule has 2 rings (SSSR count). The van der Waals surface area contributed by atoms with Gasteiger partial charge < -0.3 is 9.84 Å². The Morgan fingerprint density at radius 2 is 2.06 bits per heavy atom. The number of para-hydroxylation sites is 1. The van der Waals surface area contributed by atoms with Gasteiger partial charge in [-0.2, -0.15) is 4.98 Å². The van der Waals surface area contributed by atoms with Crippen LogP contribution in [0.5, 0.6) is 11.6 Å². The molecule has 0 fully saturated rings. The lowest BCUT2D eigenvalue weighted by atomic mass is 10.2. The third-order valence-electron chi connectivity index (χ3n) is 1.94. The van der Waals surface area contributed by atoms with Gasteiger partial charge in [0.1, 0.15) is 5.75 Å². The minimum Gasteiger partial charge on any atom is -0.437 e. The fourth-order valence-corrected chi connectivity index (χ4v) is 1.36. The summed E-state index contributed by atoms with van der Waals surface area (Å²) in [6.07, 6.45) is 2.88. The molecule has 0 unspecified atom stereocenters. The van der Waals surface area contributed by atoms with Crippen molar-refractivity contribution in [2.45, 2.75) is 6.61 Å². The van der Waals surface area contributed by atoms with Crippen LogP contribution < -0.4 is 4.74 Å². The van der Waals surface area contributed by atoms with E-state index in [0.29, 0.717) is 17.2 Å². The number of aliphatic hydroxyl groups is 1. The van der Waals surface area contributed by atoms with Crippen molar-refractivity contribution in [3.05, 3.63) is 47.4 Å². The lowest BCUT2D eigenvalue weighted by Crippen LogP contribution is -1.93. The van der Waals surface area contributed by atoms with E-state index < -0.39 is 0 Å². The van der Waals surface area contributed by atoms with Crippen molar-refractivity contribution in [1.82, 2.24) is 9.97 Å². The van der Waals surface area contributed by atoms with Gasteiger partial charge in [-0.1, -0.05) is 29.8 Å². The zero-order valence-electron chi connectivity index (χ0n) is 8.30. The topological polar surface area (TPSA) is 55.2 Å². The van der Waals surface area contributed by atoms with E-state index in [9.17, 15) is 0 Å². The van der Waals surface area contributed by atoms with E-state index in [4.69, 9.17) is 21.4 Å². The summed E-state index contributed by atoms with van der Waals surface area (Å²) in [6, 6.07) is 7.15. The number of rotatable bonds is 3. The quantitative estimate of drug-likeness (QED) is 0.889. The number of ether oxygens (including phenoxy) is 1. The second kappa shape index (κ2) is 4.92. The Kier molecular flexibility index (Phi) is 3.34. The molecule has 0 bridgehead atoms. The molecule has 0 atom stereocenters. The van der Waals surface area contributed by atoms with Crippen LogP contribution in [0.2, 0.25) is 5.15 Å². The predicted molar refractivity (Wildman–Crippen MR) is 59.5 cm³/mol. The molecule has 0 aliphatic rings. The van der Waals surface area contributed by atoms with Crippen molar-refractivity contribution in [2.75, 3.05) is 0 Å². The molecule has 4 nitrogen and oxygen atoms in total. The van der Waals surface area contributed by atoms with Crippen molar-refractivity contribution < 1.29 is 9.84 Å². The van der Waals surface area contributed by atoms with E-state index in [1.165, 1.54) is 12.4 Å². The molecule has 0 amide bonds. The van der Waals surface area contributed by atoms with E-state index in [1.807, 2.05) is 12.1 Å². The van der Waals surface area contributed by atoms with E-state index in [0.717, 1.165) is 0 Å². The Hall–Kier alpha value is -1.65. The number of nitrogens with zero attached hydrogens (tertiary/aromatic N) is 2. The molecule has 0 saturated heterocycles. The number of benzene rings is 1. The highest BCUT2D eigenvalue weighted by molar-refractivity contribution is 6.29. The second-order valence-electron chi connectivity index (χ2n) is 3.05. The Morgan fingerprint density at radius 3 is 2.81 bits per heavy atom. The van der Waals surface area contributed by atoms with Crippen LogP contribution in [-0.4, -0.2) is 15.1 Å². The minimum absolute atomic E-state index is 0.0931. The summed E-state index contributed by atoms with van der Waals surface area (Å²) in [5.74, 6) is 0.843. The van der Waals surface area contributed by atoms with Crippen LogP contribution in [0.1, 0.15) is 5.56 Å². The molecule has 16 heavy (non-hydrogen) atoms. The lowest BCUT2D eigenvalue weighted by Gasteiger charge is -2.07. The van der Waals surface area contributed by atoms with Gasteiger partial charge in [0, 0.05) is 5.56 Å². The zero-order chi connectivity index (χ0) is 11.4. The Bertz CT molecular complexity index is 491. The predicted octanol–water partition coefficient (Wildman–Crippen LogP) is 2.41. The first kappa shape index (κ1) is 10.9. The maximum atomic E-state index is 9.11. The summed E-state index contributed by atoms with van der Waals surface area (Å²) in [6.45, 7) is -0.0931. The monoisotopic (exact) mass is 236 g/mol. The smallest absolute Gasteiger partial charge is 0.239 e. The molecule has 1 aromatic carbocycles. The van der Waals surface area contributed by atoms with E-state index in [-0.39, 0.29) is 11.8 Å². The van der Waals surface area contributed by atoms with E-state index in [1.54, 1.807) is 12.1 Å². The summed E-state index contributed by atoms with van der Waals surface area (Å²) >= 11 is 5.68. The average molecular weight is 237 g/mol. The van der Waals surface area contributed by atoms with Gasteiger partial charge in [-0.05, 0) is 6.07 Å². The van der Waals surface area contributed by atoms with Gasteiger partial charge in [0.2, 0.25) is 5.88 Å². The van der Waals surface area contributed by atoms with Gasteiger partial charge in [-0.15, -0.1) is 0 Å². The van der Waals surface area contributed by atoms with Gasteiger partial charge >= 0.3 is 0 Å². The molecule has 1 aromatic heterocycles. The molecule has 0 aliphatic heterocycles. The standard InChI is InChI=1S/C11H9ClN2O2/c12-10-5-13-6-11(14-10)16-9-4-2-1-3-8(9)7-15/h1-6,15H,7H2. The number of hydrogen-bond donors (Lipinski definition) is 1. The highest BCUT2D eigenvalue weighted by atomic mass is 35.5. The largest absolute Gasteiger partial charge is 0.437 e. The first-order valence-electron chi connectivity index (χ1n) is 4.64. The molecule has 0 saturated carbocycles. The van der Waals surface area contributed by atoms with Crippen molar-refractivity contribution >= 4 is 11.6 Å². The highest BCUT2D eigenvalue weighted by Crippen LogP contribution is 2.23. The van der Waals surface area contributed by atoms with Crippen LogP contribution in [0.25, 0.3) is 0 Å². The average Bonchev–Trinajstić information content (AvgIpc) is 2.30. The minimum atomic E-state index is -0.0931. The molecule has 1 N–H and O–H groups in total. The molecular formula is C11H9ClN2O2. The molecule has 2 aromatic rings. The van der Waals surface area contributed by atoms with Crippen LogP contribution in [-0.2, 0) is 6.61 Å². The Morgan fingerprint density at radius 1 is 1.25 bits per heavy atom. The van der Waals surface area contributed by atoms with Crippen LogP contribution in [0.4, 0.5) is 0 Å². The molecule has 0 spiro atoms. The first-order chi connectivity index (χ1) is 7.79. The molecule has 0 radical (unpaired) electrons. The Labute approximate surface area is 97.5 Å². The maximum Gasteiger partial charge on any atom is 0.239 e. The van der Waals surface area contributed by atoms with Crippen LogP contribution in [0.3, 0.4) is 0 Å². The summed E-state index contributed by atoms with van der Waals surface area (Å²) in [4.78, 5) is 7.80.